The molecule has 0 aromatic heterocycles. The van der Waals surface area contributed by atoms with Crippen molar-refractivity contribution >= 4 is 17.7 Å². The van der Waals surface area contributed by atoms with Gasteiger partial charge in [-0.3, -0.25) is 9.69 Å². The molecule has 0 saturated carbocycles. The number of amides is 2. The highest BCUT2D eigenvalue weighted by molar-refractivity contribution is 5.97. The standard InChI is InChI=1S/C19H15F5N2O3/c20-12-13(21)15(23)17(16(24)14(12)22)25-18(27)11-7-4-8-26(11)19(28)29-9-10-5-2-1-3-6-10/h1-3,5-6,11H,4,7-9H2,(H,25,27)/t11-/m0/s1. The Balaban J connectivity index is 1.71. The van der Waals surface area contributed by atoms with Gasteiger partial charge in [0.15, 0.2) is 23.3 Å². The zero-order chi connectivity index (χ0) is 21.1. The van der Waals surface area contributed by atoms with E-state index in [9.17, 15) is 31.5 Å². The normalized spacial score (nSPS) is 16.0. The molecule has 1 fully saturated rings. The molecule has 3 rings (SSSR count). The molecule has 1 saturated heterocycles. The van der Waals surface area contributed by atoms with Crippen molar-refractivity contribution in [1.82, 2.24) is 4.90 Å². The summed E-state index contributed by atoms with van der Waals surface area (Å²) in [4.78, 5) is 25.7. The molecule has 1 atom stereocenters. The lowest BCUT2D eigenvalue weighted by molar-refractivity contribution is -0.120. The summed E-state index contributed by atoms with van der Waals surface area (Å²) in [6.45, 7) is 0.0883. The van der Waals surface area contributed by atoms with E-state index < -0.39 is 52.8 Å². The molecule has 10 heteroatoms. The van der Waals surface area contributed by atoms with Gasteiger partial charge in [0.05, 0.1) is 0 Å². The number of ether oxygens (including phenoxy) is 1. The van der Waals surface area contributed by atoms with Crippen LogP contribution >= 0.6 is 0 Å². The quantitative estimate of drug-likeness (QED) is 0.465. The Morgan fingerprint density at radius 1 is 0.966 bits per heavy atom. The topological polar surface area (TPSA) is 58.6 Å². The lowest BCUT2D eigenvalue weighted by Crippen LogP contribution is -2.43. The molecule has 2 aromatic rings. The minimum Gasteiger partial charge on any atom is -0.445 e. The number of nitrogens with zero attached hydrogens (tertiary/aromatic N) is 1. The Bertz CT molecular complexity index is 910. The molecule has 154 valence electrons. The Labute approximate surface area is 162 Å². The molecule has 5 nitrogen and oxygen atoms in total. The van der Waals surface area contributed by atoms with Crippen LogP contribution in [0.1, 0.15) is 18.4 Å². The molecule has 2 amide bonds. The molecule has 0 bridgehead atoms. The molecule has 1 aliphatic rings. The molecule has 0 aliphatic carbocycles. The van der Waals surface area contributed by atoms with Crippen molar-refractivity contribution < 1.29 is 36.3 Å². The first-order valence-electron chi connectivity index (χ1n) is 8.61. The molecule has 1 heterocycles. The number of halogens is 5. The van der Waals surface area contributed by atoms with Gasteiger partial charge < -0.3 is 10.1 Å². The monoisotopic (exact) mass is 414 g/mol. The van der Waals surface area contributed by atoms with Crippen molar-refractivity contribution in [3.63, 3.8) is 0 Å². The fourth-order valence-electron chi connectivity index (χ4n) is 2.98. The fraction of sp³-hybridized carbons (Fsp3) is 0.263. The molecule has 0 unspecified atom stereocenters. The van der Waals surface area contributed by atoms with Crippen LogP contribution < -0.4 is 5.32 Å². The molecule has 0 radical (unpaired) electrons. The van der Waals surface area contributed by atoms with Gasteiger partial charge in [0.1, 0.15) is 18.3 Å². The van der Waals surface area contributed by atoms with Gasteiger partial charge in [0.25, 0.3) is 0 Å². The van der Waals surface area contributed by atoms with Crippen molar-refractivity contribution in [2.24, 2.45) is 0 Å². The van der Waals surface area contributed by atoms with E-state index in [1.165, 1.54) is 0 Å². The fourth-order valence-corrected chi connectivity index (χ4v) is 2.98. The summed E-state index contributed by atoms with van der Waals surface area (Å²) < 4.78 is 72.4. The minimum atomic E-state index is -2.33. The van der Waals surface area contributed by atoms with Crippen LogP contribution in [0.25, 0.3) is 0 Å². The Morgan fingerprint density at radius 3 is 2.17 bits per heavy atom. The number of hydrogen-bond acceptors (Lipinski definition) is 3. The number of carbonyl (C=O) groups is 2. The summed E-state index contributed by atoms with van der Waals surface area (Å²) in [6, 6.07) is 7.56. The SMILES string of the molecule is O=C(Nc1c(F)c(F)c(F)c(F)c1F)[C@@H]1CCCN1C(=O)OCc1ccccc1. The van der Waals surface area contributed by atoms with Crippen molar-refractivity contribution in [3.8, 4) is 0 Å². The third-order valence-electron chi connectivity index (χ3n) is 4.45. The number of hydrogen-bond donors (Lipinski definition) is 1. The van der Waals surface area contributed by atoms with E-state index in [0.29, 0.717) is 12.0 Å². The summed E-state index contributed by atoms with van der Waals surface area (Å²) in [7, 11) is 0. The maximum atomic E-state index is 13.8. The maximum absolute atomic E-state index is 13.8. The molecular formula is C19H15F5N2O3. The lowest BCUT2D eigenvalue weighted by atomic mass is 10.2. The van der Waals surface area contributed by atoms with Crippen LogP contribution in [-0.2, 0) is 16.1 Å². The van der Waals surface area contributed by atoms with Gasteiger partial charge in [0, 0.05) is 6.54 Å². The average Bonchev–Trinajstić information content (AvgIpc) is 3.23. The van der Waals surface area contributed by atoms with Gasteiger partial charge >= 0.3 is 6.09 Å². The molecule has 1 aliphatic heterocycles. The van der Waals surface area contributed by atoms with E-state index in [-0.39, 0.29) is 19.6 Å². The summed E-state index contributed by atoms with van der Waals surface area (Å²) in [6.07, 6.45) is -0.291. The second kappa shape index (κ2) is 8.46. The van der Waals surface area contributed by atoms with Gasteiger partial charge in [-0.25, -0.2) is 26.7 Å². The molecule has 2 aromatic carbocycles. The summed E-state index contributed by atoms with van der Waals surface area (Å²) in [5.74, 6) is -12.1. The highest BCUT2D eigenvalue weighted by Gasteiger charge is 2.37. The summed E-state index contributed by atoms with van der Waals surface area (Å²) >= 11 is 0. The Kier molecular flexibility index (Phi) is 6.00. The van der Waals surface area contributed by atoms with Gasteiger partial charge in [-0.1, -0.05) is 30.3 Å². The van der Waals surface area contributed by atoms with Gasteiger partial charge in [-0.2, -0.15) is 0 Å². The van der Waals surface area contributed by atoms with Crippen LogP contribution in [-0.4, -0.2) is 29.5 Å². The van der Waals surface area contributed by atoms with E-state index in [1.54, 1.807) is 35.6 Å². The van der Waals surface area contributed by atoms with Crippen molar-refractivity contribution in [1.29, 1.82) is 0 Å². The zero-order valence-electron chi connectivity index (χ0n) is 14.9. The smallest absolute Gasteiger partial charge is 0.410 e. The maximum Gasteiger partial charge on any atom is 0.410 e. The Morgan fingerprint density at radius 2 is 1.55 bits per heavy atom. The van der Waals surface area contributed by atoms with Crippen LogP contribution in [0.5, 0.6) is 0 Å². The summed E-state index contributed by atoms with van der Waals surface area (Å²) in [5.41, 5.74) is -0.752. The Hall–Kier alpha value is -3.17. The van der Waals surface area contributed by atoms with Gasteiger partial charge in [-0.15, -0.1) is 0 Å². The van der Waals surface area contributed by atoms with E-state index in [1.807, 2.05) is 0 Å². The van der Waals surface area contributed by atoms with Crippen molar-refractivity contribution in [2.75, 3.05) is 11.9 Å². The summed E-state index contributed by atoms with van der Waals surface area (Å²) in [5, 5.41) is 1.70. The highest BCUT2D eigenvalue weighted by atomic mass is 19.2. The first kappa shape index (κ1) is 20.6. The number of likely N-dealkylation sites (tertiary alicyclic amines) is 1. The predicted octanol–water partition coefficient (Wildman–Crippen LogP) is 4.12. The largest absolute Gasteiger partial charge is 0.445 e. The number of rotatable bonds is 4. The highest BCUT2D eigenvalue weighted by Crippen LogP contribution is 2.28. The average molecular weight is 414 g/mol. The van der Waals surface area contributed by atoms with E-state index in [2.05, 4.69) is 0 Å². The zero-order valence-corrected chi connectivity index (χ0v) is 14.9. The number of nitrogens with one attached hydrogen (secondary N) is 1. The predicted molar refractivity (Wildman–Crippen MR) is 91.2 cm³/mol. The minimum absolute atomic E-state index is 0.0534. The molecule has 1 N–H and O–H groups in total. The van der Waals surface area contributed by atoms with Gasteiger partial charge in [0.2, 0.25) is 11.7 Å². The van der Waals surface area contributed by atoms with Crippen molar-refractivity contribution in [2.45, 2.75) is 25.5 Å². The number of carbonyl (C=O) groups excluding carboxylic acids is 2. The van der Waals surface area contributed by atoms with Crippen LogP contribution in [0.2, 0.25) is 0 Å². The third kappa shape index (κ3) is 4.15. The van der Waals surface area contributed by atoms with Crippen LogP contribution in [0.15, 0.2) is 30.3 Å². The molecule has 0 spiro atoms. The molecule has 29 heavy (non-hydrogen) atoms. The second-order valence-corrected chi connectivity index (χ2v) is 6.33. The van der Waals surface area contributed by atoms with Gasteiger partial charge in [-0.05, 0) is 18.4 Å². The van der Waals surface area contributed by atoms with Crippen LogP contribution in [0, 0.1) is 29.1 Å². The number of anilines is 1. The van der Waals surface area contributed by atoms with Crippen LogP contribution in [0.4, 0.5) is 32.4 Å². The van der Waals surface area contributed by atoms with E-state index in [0.717, 1.165) is 4.90 Å². The molecular weight excluding hydrogens is 399 g/mol. The lowest BCUT2D eigenvalue weighted by Gasteiger charge is -2.23. The van der Waals surface area contributed by atoms with Crippen LogP contribution in [0.3, 0.4) is 0 Å². The second-order valence-electron chi connectivity index (χ2n) is 6.33. The van der Waals surface area contributed by atoms with E-state index >= 15 is 0 Å². The first-order valence-corrected chi connectivity index (χ1v) is 8.61. The van der Waals surface area contributed by atoms with Crippen molar-refractivity contribution in [3.05, 3.63) is 65.0 Å². The first-order chi connectivity index (χ1) is 13.8. The number of benzene rings is 2. The van der Waals surface area contributed by atoms with E-state index in [4.69, 9.17) is 4.74 Å². The third-order valence-corrected chi connectivity index (χ3v) is 4.45.